The Morgan fingerprint density at radius 2 is 1.77 bits per heavy atom. The van der Waals surface area contributed by atoms with Crippen molar-refractivity contribution in [3.8, 4) is 0 Å². The van der Waals surface area contributed by atoms with Crippen molar-refractivity contribution in [1.29, 1.82) is 0 Å². The molecule has 0 radical (unpaired) electrons. The van der Waals surface area contributed by atoms with Crippen molar-refractivity contribution in [1.82, 2.24) is 4.90 Å². The average Bonchev–Trinajstić information content (AvgIpc) is 2.63. The van der Waals surface area contributed by atoms with E-state index < -0.39 is 0 Å². The Kier molecular flexibility index (Phi) is 7.27. The van der Waals surface area contributed by atoms with Crippen molar-refractivity contribution in [2.75, 3.05) is 24.7 Å². The summed E-state index contributed by atoms with van der Waals surface area (Å²) in [5.74, 6) is 0.326. The fraction of sp³-hybridized carbons (Fsp3) is 0.333. The Morgan fingerprint density at radius 1 is 1.08 bits per heavy atom. The van der Waals surface area contributed by atoms with Crippen LogP contribution in [0, 0.1) is 19.8 Å². The van der Waals surface area contributed by atoms with Gasteiger partial charge in [0.1, 0.15) is 0 Å². The van der Waals surface area contributed by atoms with Crippen LogP contribution in [0.4, 0.5) is 5.69 Å². The maximum absolute atomic E-state index is 12.5. The molecule has 0 spiro atoms. The first-order valence-corrected chi connectivity index (χ1v) is 9.66. The molecule has 4 nitrogen and oxygen atoms in total. The molecule has 0 aliphatic heterocycles. The topological polar surface area (TPSA) is 49.4 Å². The predicted molar refractivity (Wildman–Crippen MR) is 109 cm³/mol. The Balaban J connectivity index is 1.85. The van der Waals surface area contributed by atoms with Crippen molar-refractivity contribution in [2.24, 2.45) is 5.92 Å². The van der Waals surface area contributed by atoms with Crippen LogP contribution in [0.1, 0.15) is 18.1 Å². The molecule has 5 heteroatoms. The Hall–Kier alpha value is -2.27. The van der Waals surface area contributed by atoms with E-state index in [1.807, 2.05) is 69.3 Å². The molecule has 0 aromatic heterocycles. The van der Waals surface area contributed by atoms with E-state index in [9.17, 15) is 9.59 Å². The highest BCUT2D eigenvalue weighted by Crippen LogP contribution is 2.21. The van der Waals surface area contributed by atoms with Crippen LogP contribution in [0.25, 0.3) is 0 Å². The van der Waals surface area contributed by atoms with Gasteiger partial charge in [-0.25, -0.2) is 0 Å². The first kappa shape index (κ1) is 20.0. The van der Waals surface area contributed by atoms with Gasteiger partial charge in [0.15, 0.2) is 0 Å². The average molecular weight is 371 g/mol. The molecule has 26 heavy (non-hydrogen) atoms. The van der Waals surface area contributed by atoms with Crippen LogP contribution in [-0.4, -0.2) is 36.1 Å². The number of carbonyl (C=O) groups is 2. The van der Waals surface area contributed by atoms with Crippen LogP contribution < -0.4 is 5.32 Å². The van der Waals surface area contributed by atoms with Gasteiger partial charge in [-0.15, -0.1) is 11.8 Å². The van der Waals surface area contributed by atoms with Gasteiger partial charge in [0, 0.05) is 29.3 Å². The van der Waals surface area contributed by atoms with E-state index in [-0.39, 0.29) is 24.3 Å². The van der Waals surface area contributed by atoms with E-state index in [4.69, 9.17) is 0 Å². The highest BCUT2D eigenvalue weighted by Gasteiger charge is 2.20. The standard InChI is InChI=1S/C21H26N2O2S/c1-15-9-8-12-19(17(15)3)22-20(24)13-23(4)21(25)16(2)14-26-18-10-6-5-7-11-18/h5-12,16H,13-14H2,1-4H3,(H,22,24). The van der Waals surface area contributed by atoms with Gasteiger partial charge in [-0.1, -0.05) is 37.3 Å². The van der Waals surface area contributed by atoms with Gasteiger partial charge in [0.2, 0.25) is 11.8 Å². The quantitative estimate of drug-likeness (QED) is 0.746. The predicted octanol–water partition coefficient (Wildman–Crippen LogP) is 4.13. The highest BCUT2D eigenvalue weighted by atomic mass is 32.2. The summed E-state index contributed by atoms with van der Waals surface area (Å²) in [5, 5.41) is 2.90. The first-order chi connectivity index (χ1) is 12.4. The van der Waals surface area contributed by atoms with Gasteiger partial charge in [-0.05, 0) is 43.2 Å². The number of rotatable bonds is 7. The number of hydrogen-bond acceptors (Lipinski definition) is 3. The number of benzene rings is 2. The fourth-order valence-electron chi connectivity index (χ4n) is 2.56. The van der Waals surface area contributed by atoms with E-state index in [0.717, 1.165) is 21.7 Å². The van der Waals surface area contributed by atoms with Crippen LogP contribution in [0.2, 0.25) is 0 Å². The van der Waals surface area contributed by atoms with Crippen molar-refractivity contribution in [2.45, 2.75) is 25.7 Å². The van der Waals surface area contributed by atoms with Gasteiger partial charge < -0.3 is 10.2 Å². The molecule has 0 aliphatic rings. The van der Waals surface area contributed by atoms with Crippen LogP contribution in [0.3, 0.4) is 0 Å². The minimum Gasteiger partial charge on any atom is -0.336 e. The second kappa shape index (κ2) is 9.43. The van der Waals surface area contributed by atoms with Crippen molar-refractivity contribution in [3.05, 3.63) is 59.7 Å². The number of nitrogens with one attached hydrogen (secondary N) is 1. The second-order valence-corrected chi connectivity index (χ2v) is 7.61. The molecule has 2 amide bonds. The SMILES string of the molecule is Cc1cccc(NC(=O)CN(C)C(=O)C(C)CSc2ccccc2)c1C. The van der Waals surface area contributed by atoms with Crippen LogP contribution >= 0.6 is 11.8 Å². The molecule has 2 aromatic rings. The second-order valence-electron chi connectivity index (χ2n) is 6.52. The minimum absolute atomic E-state index is 0.0236. The van der Waals surface area contributed by atoms with Crippen LogP contribution in [0.15, 0.2) is 53.4 Å². The lowest BCUT2D eigenvalue weighted by molar-refractivity contribution is -0.135. The summed E-state index contributed by atoms with van der Waals surface area (Å²) < 4.78 is 0. The fourth-order valence-corrected chi connectivity index (χ4v) is 3.49. The number of thioether (sulfide) groups is 1. The lowest BCUT2D eigenvalue weighted by Crippen LogP contribution is -2.38. The third kappa shape index (κ3) is 5.63. The largest absolute Gasteiger partial charge is 0.336 e. The minimum atomic E-state index is -0.183. The van der Waals surface area contributed by atoms with Gasteiger partial charge >= 0.3 is 0 Å². The third-order valence-electron chi connectivity index (χ3n) is 4.30. The molecule has 138 valence electrons. The van der Waals surface area contributed by atoms with E-state index in [2.05, 4.69) is 5.32 Å². The molecule has 2 rings (SSSR count). The molecular weight excluding hydrogens is 344 g/mol. The number of carbonyl (C=O) groups excluding carboxylic acids is 2. The molecular formula is C21H26N2O2S. The first-order valence-electron chi connectivity index (χ1n) is 8.67. The van der Waals surface area contributed by atoms with Crippen molar-refractivity contribution >= 4 is 29.3 Å². The Labute approximate surface area is 160 Å². The maximum atomic E-state index is 12.5. The Morgan fingerprint density at radius 3 is 2.46 bits per heavy atom. The molecule has 0 heterocycles. The lowest BCUT2D eigenvalue weighted by atomic mass is 10.1. The summed E-state index contributed by atoms with van der Waals surface area (Å²) >= 11 is 1.65. The maximum Gasteiger partial charge on any atom is 0.243 e. The number of likely N-dealkylation sites (N-methyl/N-ethyl adjacent to an activating group) is 1. The van der Waals surface area contributed by atoms with Gasteiger partial charge in [0.05, 0.1) is 6.54 Å². The van der Waals surface area contributed by atoms with E-state index >= 15 is 0 Å². The van der Waals surface area contributed by atoms with Crippen molar-refractivity contribution < 1.29 is 9.59 Å². The van der Waals surface area contributed by atoms with Gasteiger partial charge in [-0.3, -0.25) is 9.59 Å². The molecule has 1 N–H and O–H groups in total. The third-order valence-corrected chi connectivity index (χ3v) is 5.57. The number of nitrogens with zero attached hydrogens (tertiary/aromatic N) is 1. The molecule has 2 aromatic carbocycles. The summed E-state index contributed by atoms with van der Waals surface area (Å²) in [6.45, 7) is 5.93. The number of anilines is 1. The van der Waals surface area contributed by atoms with Gasteiger partial charge in [-0.2, -0.15) is 0 Å². The van der Waals surface area contributed by atoms with Crippen LogP contribution in [0.5, 0.6) is 0 Å². The van der Waals surface area contributed by atoms with Crippen LogP contribution in [-0.2, 0) is 9.59 Å². The van der Waals surface area contributed by atoms with E-state index in [0.29, 0.717) is 5.75 Å². The lowest BCUT2D eigenvalue weighted by Gasteiger charge is -2.21. The van der Waals surface area contributed by atoms with Gasteiger partial charge in [0.25, 0.3) is 0 Å². The zero-order chi connectivity index (χ0) is 19.1. The Bertz CT molecular complexity index is 762. The molecule has 0 aliphatic carbocycles. The molecule has 0 saturated heterocycles. The summed E-state index contributed by atoms with van der Waals surface area (Å²) in [7, 11) is 1.68. The summed E-state index contributed by atoms with van der Waals surface area (Å²) in [6, 6.07) is 15.8. The summed E-state index contributed by atoms with van der Waals surface area (Å²) in [5.41, 5.74) is 2.96. The number of aryl methyl sites for hydroxylation is 1. The summed E-state index contributed by atoms with van der Waals surface area (Å²) in [4.78, 5) is 27.4. The smallest absolute Gasteiger partial charge is 0.243 e. The number of hydrogen-bond donors (Lipinski definition) is 1. The molecule has 0 saturated carbocycles. The van der Waals surface area contributed by atoms with Crippen molar-refractivity contribution in [3.63, 3.8) is 0 Å². The zero-order valence-electron chi connectivity index (χ0n) is 15.8. The monoisotopic (exact) mass is 370 g/mol. The van der Waals surface area contributed by atoms with E-state index in [1.165, 1.54) is 4.90 Å². The molecule has 1 atom stereocenters. The number of amides is 2. The normalized spacial score (nSPS) is 11.7. The zero-order valence-corrected chi connectivity index (χ0v) is 16.6. The molecule has 0 bridgehead atoms. The highest BCUT2D eigenvalue weighted by molar-refractivity contribution is 7.99. The molecule has 1 unspecified atom stereocenters. The van der Waals surface area contributed by atoms with E-state index in [1.54, 1.807) is 18.8 Å². The summed E-state index contributed by atoms with van der Waals surface area (Å²) in [6.07, 6.45) is 0. The molecule has 0 fully saturated rings.